The Morgan fingerprint density at radius 2 is 2.04 bits per heavy atom. The first-order valence-corrected chi connectivity index (χ1v) is 9.98. The normalized spacial score (nSPS) is 24.8. The van der Waals surface area contributed by atoms with Crippen LogP contribution in [0, 0.1) is 0 Å². The molecule has 6 heteroatoms. The van der Waals surface area contributed by atoms with Gasteiger partial charge in [-0.1, -0.05) is 30.3 Å². The van der Waals surface area contributed by atoms with E-state index in [4.69, 9.17) is 14.2 Å². The van der Waals surface area contributed by atoms with E-state index in [1.165, 1.54) is 0 Å². The highest BCUT2D eigenvalue weighted by Crippen LogP contribution is 2.40. The van der Waals surface area contributed by atoms with Crippen LogP contribution in [-0.4, -0.2) is 42.4 Å². The standard InChI is InChI=1S/C18H22O4S2/c1-18(2)21-12-14(22-18)16(17-15(10-19)23-8-9-24-17)20-11-13-6-4-3-5-7-13/h3-7,10,14,16H,8-9,11-12H2,1-2H3/t14-,16-/m0/s1. The lowest BCUT2D eigenvalue weighted by Crippen LogP contribution is -2.35. The second-order valence-corrected chi connectivity index (χ2v) is 8.40. The van der Waals surface area contributed by atoms with Crippen molar-refractivity contribution in [2.75, 3.05) is 18.1 Å². The highest BCUT2D eigenvalue weighted by molar-refractivity contribution is 8.10. The Morgan fingerprint density at radius 1 is 1.29 bits per heavy atom. The second kappa shape index (κ2) is 8.06. The summed E-state index contributed by atoms with van der Waals surface area (Å²) < 4.78 is 18.0. The molecule has 0 N–H and O–H groups in total. The second-order valence-electron chi connectivity index (χ2n) is 6.13. The molecule has 1 aromatic rings. The third-order valence-electron chi connectivity index (χ3n) is 3.85. The predicted octanol–water partition coefficient (Wildman–Crippen LogP) is 3.61. The third kappa shape index (κ3) is 4.43. The first-order chi connectivity index (χ1) is 11.6. The number of rotatable bonds is 6. The van der Waals surface area contributed by atoms with E-state index in [-0.39, 0.29) is 12.2 Å². The number of ether oxygens (including phenoxy) is 3. The molecule has 2 aliphatic heterocycles. The molecule has 130 valence electrons. The fourth-order valence-corrected chi connectivity index (χ4v) is 5.10. The van der Waals surface area contributed by atoms with Crippen molar-refractivity contribution < 1.29 is 19.0 Å². The number of hydrogen-bond acceptors (Lipinski definition) is 6. The zero-order chi connectivity index (χ0) is 17.0. The van der Waals surface area contributed by atoms with Gasteiger partial charge in [0.25, 0.3) is 0 Å². The van der Waals surface area contributed by atoms with E-state index >= 15 is 0 Å². The Labute approximate surface area is 151 Å². The lowest BCUT2D eigenvalue weighted by atomic mass is 10.2. The van der Waals surface area contributed by atoms with E-state index in [0.29, 0.717) is 13.2 Å². The van der Waals surface area contributed by atoms with E-state index in [0.717, 1.165) is 33.2 Å². The van der Waals surface area contributed by atoms with E-state index in [9.17, 15) is 4.79 Å². The summed E-state index contributed by atoms with van der Waals surface area (Å²) >= 11 is 3.29. The smallest absolute Gasteiger partial charge is 0.163 e. The van der Waals surface area contributed by atoms with Crippen molar-refractivity contribution in [3.63, 3.8) is 0 Å². The van der Waals surface area contributed by atoms with Crippen LogP contribution in [0.2, 0.25) is 0 Å². The minimum Gasteiger partial charge on any atom is -0.365 e. The summed E-state index contributed by atoms with van der Waals surface area (Å²) in [6.45, 7) is 4.75. The monoisotopic (exact) mass is 366 g/mol. The zero-order valence-electron chi connectivity index (χ0n) is 13.9. The fraction of sp³-hybridized carbons (Fsp3) is 0.500. The highest BCUT2D eigenvalue weighted by Gasteiger charge is 2.41. The number of benzene rings is 1. The summed E-state index contributed by atoms with van der Waals surface area (Å²) in [7, 11) is 0. The average Bonchev–Trinajstić information content (AvgIpc) is 2.96. The van der Waals surface area contributed by atoms with Gasteiger partial charge in [-0.2, -0.15) is 0 Å². The molecule has 0 radical (unpaired) electrons. The Bertz CT molecular complexity index is 600. The molecule has 0 aromatic heterocycles. The van der Waals surface area contributed by atoms with Gasteiger partial charge in [0, 0.05) is 16.4 Å². The van der Waals surface area contributed by atoms with Crippen molar-refractivity contribution in [2.45, 2.75) is 38.4 Å². The average molecular weight is 367 g/mol. The van der Waals surface area contributed by atoms with Crippen LogP contribution in [0.1, 0.15) is 19.4 Å². The minimum atomic E-state index is -0.618. The summed E-state index contributed by atoms with van der Waals surface area (Å²) in [6, 6.07) is 10.0. The Morgan fingerprint density at radius 3 is 2.71 bits per heavy atom. The molecule has 1 saturated heterocycles. The van der Waals surface area contributed by atoms with E-state index < -0.39 is 5.79 Å². The van der Waals surface area contributed by atoms with Crippen molar-refractivity contribution in [1.29, 1.82) is 0 Å². The van der Waals surface area contributed by atoms with Crippen molar-refractivity contribution >= 4 is 29.8 Å². The van der Waals surface area contributed by atoms with Crippen LogP contribution in [0.25, 0.3) is 0 Å². The molecule has 0 spiro atoms. The van der Waals surface area contributed by atoms with Crippen molar-refractivity contribution in [1.82, 2.24) is 0 Å². The number of carbonyl (C=O) groups is 1. The van der Waals surface area contributed by atoms with Gasteiger partial charge in [0.15, 0.2) is 12.1 Å². The van der Waals surface area contributed by atoms with Gasteiger partial charge in [0.05, 0.1) is 18.1 Å². The van der Waals surface area contributed by atoms with Gasteiger partial charge in [0.2, 0.25) is 0 Å². The van der Waals surface area contributed by atoms with Crippen LogP contribution in [0.3, 0.4) is 0 Å². The molecule has 0 aliphatic carbocycles. The quantitative estimate of drug-likeness (QED) is 0.717. The molecule has 4 nitrogen and oxygen atoms in total. The SMILES string of the molecule is CC1(C)OC[C@@H]([C@H](OCc2ccccc2)C2=C(C=O)SCCS2)O1. The van der Waals surface area contributed by atoms with Crippen LogP contribution < -0.4 is 0 Å². The summed E-state index contributed by atoms with van der Waals surface area (Å²) in [5, 5.41) is 0. The molecule has 24 heavy (non-hydrogen) atoms. The van der Waals surface area contributed by atoms with Gasteiger partial charge in [-0.05, 0) is 19.4 Å². The molecular formula is C18H22O4S2. The number of aldehydes is 1. The summed E-state index contributed by atoms with van der Waals surface area (Å²) in [5.41, 5.74) is 1.10. The maximum absolute atomic E-state index is 11.5. The molecule has 2 aliphatic rings. The largest absolute Gasteiger partial charge is 0.365 e. The third-order valence-corrected chi connectivity index (χ3v) is 6.44. The molecule has 2 heterocycles. The number of hydrogen-bond donors (Lipinski definition) is 0. The van der Waals surface area contributed by atoms with Crippen LogP contribution in [-0.2, 0) is 25.6 Å². The zero-order valence-corrected chi connectivity index (χ0v) is 15.5. The molecule has 0 unspecified atom stereocenters. The Balaban J connectivity index is 1.81. The van der Waals surface area contributed by atoms with Gasteiger partial charge in [0.1, 0.15) is 12.2 Å². The predicted molar refractivity (Wildman–Crippen MR) is 97.9 cm³/mol. The van der Waals surface area contributed by atoms with Crippen molar-refractivity contribution in [3.8, 4) is 0 Å². The highest BCUT2D eigenvalue weighted by atomic mass is 32.2. The molecular weight excluding hydrogens is 344 g/mol. The summed E-state index contributed by atoms with van der Waals surface area (Å²) in [4.78, 5) is 13.2. The van der Waals surface area contributed by atoms with Crippen LogP contribution >= 0.6 is 23.5 Å². The minimum absolute atomic E-state index is 0.208. The van der Waals surface area contributed by atoms with Gasteiger partial charge < -0.3 is 14.2 Å². The maximum atomic E-state index is 11.5. The maximum Gasteiger partial charge on any atom is 0.163 e. The van der Waals surface area contributed by atoms with Crippen molar-refractivity contribution in [2.24, 2.45) is 0 Å². The molecule has 1 aromatic carbocycles. The van der Waals surface area contributed by atoms with Gasteiger partial charge in [-0.15, -0.1) is 23.5 Å². The number of carbonyl (C=O) groups excluding carboxylic acids is 1. The Kier molecular flexibility index (Phi) is 6.05. The van der Waals surface area contributed by atoms with E-state index in [1.807, 2.05) is 44.2 Å². The lowest BCUT2D eigenvalue weighted by Gasteiger charge is -2.29. The van der Waals surface area contributed by atoms with Gasteiger partial charge in [-0.3, -0.25) is 4.79 Å². The van der Waals surface area contributed by atoms with E-state index in [2.05, 4.69) is 0 Å². The molecule has 3 rings (SSSR count). The lowest BCUT2D eigenvalue weighted by molar-refractivity contribution is -0.153. The molecule has 0 bridgehead atoms. The number of allylic oxidation sites excluding steroid dienone is 1. The first kappa shape index (κ1) is 18.0. The first-order valence-electron chi connectivity index (χ1n) is 8.01. The van der Waals surface area contributed by atoms with Crippen LogP contribution in [0.15, 0.2) is 40.1 Å². The van der Waals surface area contributed by atoms with Crippen LogP contribution in [0.4, 0.5) is 0 Å². The van der Waals surface area contributed by atoms with Gasteiger partial charge >= 0.3 is 0 Å². The molecule has 1 fully saturated rings. The molecule has 0 saturated carbocycles. The van der Waals surface area contributed by atoms with Crippen LogP contribution in [0.5, 0.6) is 0 Å². The van der Waals surface area contributed by atoms with Crippen molar-refractivity contribution in [3.05, 3.63) is 45.7 Å². The Hall–Kier alpha value is -0.790. The van der Waals surface area contributed by atoms with E-state index in [1.54, 1.807) is 23.5 Å². The summed E-state index contributed by atoms with van der Waals surface area (Å²) in [5.74, 6) is 1.30. The number of thioether (sulfide) groups is 2. The summed E-state index contributed by atoms with van der Waals surface area (Å²) in [6.07, 6.45) is 0.441. The van der Waals surface area contributed by atoms with Gasteiger partial charge in [-0.25, -0.2) is 0 Å². The molecule has 0 amide bonds. The fourth-order valence-electron chi connectivity index (χ4n) is 2.74. The topological polar surface area (TPSA) is 44.8 Å². The molecule has 2 atom stereocenters.